The molecule has 1 saturated heterocycles. The number of nitrogens with one attached hydrogen (secondary N) is 1. The number of benzene rings is 1. The molecule has 0 aromatic heterocycles. The van der Waals surface area contributed by atoms with Crippen molar-refractivity contribution in [2.75, 3.05) is 18.4 Å². The fourth-order valence-electron chi connectivity index (χ4n) is 2.11. The van der Waals surface area contributed by atoms with Gasteiger partial charge in [-0.3, -0.25) is 0 Å². The Morgan fingerprint density at radius 2 is 2.16 bits per heavy atom. The Bertz CT molecular complexity index is 515. The third-order valence-corrected chi connectivity index (χ3v) is 3.16. The lowest BCUT2D eigenvalue weighted by atomic mass is 10.1. The zero-order chi connectivity index (χ0) is 14.0. The van der Waals surface area contributed by atoms with Crippen LogP contribution in [0.1, 0.15) is 22.3 Å². The smallest absolute Gasteiger partial charge is 0.335 e. The maximum Gasteiger partial charge on any atom is 0.335 e. The zero-order valence-corrected chi connectivity index (χ0v) is 10.6. The average Bonchev–Trinajstić information content (AvgIpc) is 2.75. The number of carboxylic acids is 1. The van der Waals surface area contributed by atoms with Gasteiger partial charge in [-0.1, -0.05) is 0 Å². The van der Waals surface area contributed by atoms with Crippen molar-refractivity contribution < 1.29 is 19.8 Å². The molecule has 6 heteroatoms. The zero-order valence-electron chi connectivity index (χ0n) is 10.6. The predicted molar refractivity (Wildman–Crippen MR) is 69.4 cm³/mol. The first-order valence-corrected chi connectivity index (χ1v) is 6.05. The molecule has 0 saturated carbocycles. The highest BCUT2D eigenvalue weighted by atomic mass is 16.4. The summed E-state index contributed by atoms with van der Waals surface area (Å²) in [6.07, 6.45) is 0.131. The Labute approximate surface area is 110 Å². The van der Waals surface area contributed by atoms with Crippen molar-refractivity contribution in [1.29, 1.82) is 0 Å². The Morgan fingerprint density at radius 1 is 1.42 bits per heavy atom. The molecule has 2 rings (SSSR count). The maximum absolute atomic E-state index is 11.9. The van der Waals surface area contributed by atoms with Crippen LogP contribution in [0.5, 0.6) is 0 Å². The van der Waals surface area contributed by atoms with Crippen molar-refractivity contribution in [2.24, 2.45) is 0 Å². The van der Waals surface area contributed by atoms with Crippen molar-refractivity contribution >= 4 is 17.7 Å². The Morgan fingerprint density at radius 3 is 2.68 bits per heavy atom. The quantitative estimate of drug-likeness (QED) is 0.750. The molecule has 102 valence electrons. The number of likely N-dealkylation sites (tertiary alicyclic amines) is 1. The number of carbonyl (C=O) groups excluding carboxylic acids is 1. The van der Waals surface area contributed by atoms with E-state index in [9.17, 15) is 14.7 Å². The lowest BCUT2D eigenvalue weighted by Crippen LogP contribution is -2.33. The normalized spacial score (nSPS) is 18.4. The van der Waals surface area contributed by atoms with E-state index in [1.165, 1.54) is 11.0 Å². The molecule has 0 bridgehead atoms. The van der Waals surface area contributed by atoms with Crippen LogP contribution in [0.4, 0.5) is 10.5 Å². The van der Waals surface area contributed by atoms with Crippen LogP contribution in [0, 0.1) is 6.92 Å². The number of aryl methyl sites for hydroxylation is 1. The topological polar surface area (TPSA) is 89.9 Å². The second-order valence-electron chi connectivity index (χ2n) is 4.65. The summed E-state index contributed by atoms with van der Waals surface area (Å²) in [5.74, 6) is -0.988. The van der Waals surface area contributed by atoms with E-state index in [2.05, 4.69) is 5.32 Å². The van der Waals surface area contributed by atoms with Crippen molar-refractivity contribution in [1.82, 2.24) is 4.90 Å². The Kier molecular flexibility index (Phi) is 3.71. The molecule has 1 aromatic rings. The van der Waals surface area contributed by atoms with Gasteiger partial charge in [-0.25, -0.2) is 9.59 Å². The molecule has 1 aliphatic heterocycles. The molecule has 1 aliphatic rings. The molecule has 19 heavy (non-hydrogen) atoms. The molecule has 0 radical (unpaired) electrons. The van der Waals surface area contributed by atoms with Gasteiger partial charge in [0.2, 0.25) is 0 Å². The first-order valence-electron chi connectivity index (χ1n) is 6.05. The van der Waals surface area contributed by atoms with Crippen LogP contribution in [0.25, 0.3) is 0 Å². The van der Waals surface area contributed by atoms with E-state index >= 15 is 0 Å². The average molecular weight is 264 g/mol. The monoisotopic (exact) mass is 264 g/mol. The lowest BCUT2D eigenvalue weighted by molar-refractivity contribution is 0.0696. The van der Waals surface area contributed by atoms with Gasteiger partial charge in [0.25, 0.3) is 0 Å². The van der Waals surface area contributed by atoms with E-state index in [1.807, 2.05) is 0 Å². The van der Waals surface area contributed by atoms with Gasteiger partial charge in [0.1, 0.15) is 0 Å². The molecule has 0 aliphatic carbocycles. The van der Waals surface area contributed by atoms with Gasteiger partial charge >= 0.3 is 12.0 Å². The van der Waals surface area contributed by atoms with Crippen LogP contribution in [0.2, 0.25) is 0 Å². The number of urea groups is 1. The van der Waals surface area contributed by atoms with Gasteiger partial charge in [-0.15, -0.1) is 0 Å². The molecule has 1 aromatic carbocycles. The number of hydrogen-bond acceptors (Lipinski definition) is 3. The van der Waals surface area contributed by atoms with Crippen LogP contribution >= 0.6 is 0 Å². The van der Waals surface area contributed by atoms with Crippen molar-refractivity contribution in [3.05, 3.63) is 29.3 Å². The highest BCUT2D eigenvalue weighted by molar-refractivity contribution is 5.92. The standard InChI is InChI=1S/C13H16N2O4/c1-8-6-9(2-3-11(8)12(17)18)14-13(19)15-5-4-10(16)7-15/h2-3,6,10,16H,4-5,7H2,1H3,(H,14,19)(H,17,18). The SMILES string of the molecule is Cc1cc(NC(=O)N2CCC(O)C2)ccc1C(=O)O. The highest BCUT2D eigenvalue weighted by Crippen LogP contribution is 2.17. The first-order chi connectivity index (χ1) is 8.97. The van der Waals surface area contributed by atoms with Gasteiger partial charge in [0.05, 0.1) is 11.7 Å². The first kappa shape index (κ1) is 13.4. The summed E-state index contributed by atoms with van der Waals surface area (Å²) in [7, 11) is 0. The third kappa shape index (κ3) is 3.03. The minimum absolute atomic E-state index is 0.217. The Balaban J connectivity index is 2.05. The minimum Gasteiger partial charge on any atom is -0.478 e. The number of amides is 2. The van der Waals surface area contributed by atoms with Crippen molar-refractivity contribution in [2.45, 2.75) is 19.4 Å². The van der Waals surface area contributed by atoms with E-state index in [-0.39, 0.29) is 11.6 Å². The fourth-order valence-corrected chi connectivity index (χ4v) is 2.11. The summed E-state index contributed by atoms with van der Waals surface area (Å²) in [5, 5.41) is 21.0. The van der Waals surface area contributed by atoms with Crippen LogP contribution in [0.3, 0.4) is 0 Å². The molecule has 6 nitrogen and oxygen atoms in total. The van der Waals surface area contributed by atoms with Gasteiger partial charge < -0.3 is 20.4 Å². The summed E-state index contributed by atoms with van der Waals surface area (Å²) in [5.41, 5.74) is 1.36. The molecule has 1 unspecified atom stereocenters. The second kappa shape index (κ2) is 5.27. The van der Waals surface area contributed by atoms with E-state index in [4.69, 9.17) is 5.11 Å². The number of carbonyl (C=O) groups is 2. The minimum atomic E-state index is -0.988. The van der Waals surface area contributed by atoms with Gasteiger partial charge in [0, 0.05) is 18.8 Å². The van der Waals surface area contributed by atoms with E-state index in [0.717, 1.165) is 0 Å². The number of nitrogens with zero attached hydrogens (tertiary/aromatic N) is 1. The molecule has 3 N–H and O–H groups in total. The number of rotatable bonds is 2. The summed E-state index contributed by atoms with van der Waals surface area (Å²) >= 11 is 0. The van der Waals surface area contributed by atoms with Gasteiger partial charge in [0.15, 0.2) is 0 Å². The summed E-state index contributed by atoms with van der Waals surface area (Å²) in [6.45, 7) is 2.54. The van der Waals surface area contributed by atoms with Crippen molar-refractivity contribution in [3.63, 3.8) is 0 Å². The van der Waals surface area contributed by atoms with Gasteiger partial charge in [-0.2, -0.15) is 0 Å². The number of carboxylic acid groups (broad SMARTS) is 1. The van der Waals surface area contributed by atoms with Crippen LogP contribution in [-0.4, -0.2) is 46.3 Å². The van der Waals surface area contributed by atoms with E-state index < -0.39 is 12.1 Å². The molecule has 1 heterocycles. The molecular weight excluding hydrogens is 248 g/mol. The summed E-state index contributed by atoms with van der Waals surface area (Å²) in [4.78, 5) is 24.3. The number of aliphatic hydroxyl groups excluding tert-OH is 1. The largest absolute Gasteiger partial charge is 0.478 e. The van der Waals surface area contributed by atoms with Crippen molar-refractivity contribution in [3.8, 4) is 0 Å². The number of β-amino-alcohol motifs (C(OH)–C–C–N with tert-alkyl or cyclic N) is 1. The third-order valence-electron chi connectivity index (χ3n) is 3.16. The van der Waals surface area contributed by atoms with E-state index in [0.29, 0.717) is 30.8 Å². The second-order valence-corrected chi connectivity index (χ2v) is 4.65. The van der Waals surface area contributed by atoms with Crippen LogP contribution in [0.15, 0.2) is 18.2 Å². The molecular formula is C13H16N2O4. The number of aliphatic hydroxyl groups is 1. The highest BCUT2D eigenvalue weighted by Gasteiger charge is 2.24. The number of anilines is 1. The molecule has 1 fully saturated rings. The van der Waals surface area contributed by atoms with Crippen LogP contribution < -0.4 is 5.32 Å². The number of hydrogen-bond donors (Lipinski definition) is 3. The van der Waals surface area contributed by atoms with Gasteiger partial charge in [-0.05, 0) is 37.1 Å². The molecule has 1 atom stereocenters. The molecule has 0 spiro atoms. The van der Waals surface area contributed by atoms with Crippen LogP contribution in [-0.2, 0) is 0 Å². The lowest BCUT2D eigenvalue weighted by Gasteiger charge is -2.16. The predicted octanol–water partition coefficient (Wildman–Crippen LogP) is 1.29. The molecule has 2 amide bonds. The maximum atomic E-state index is 11.9. The fraction of sp³-hybridized carbons (Fsp3) is 0.385. The Hall–Kier alpha value is -2.08. The number of aromatic carboxylic acids is 1. The van der Waals surface area contributed by atoms with E-state index in [1.54, 1.807) is 19.1 Å². The summed E-state index contributed by atoms with van der Waals surface area (Å²) in [6, 6.07) is 4.36. The summed E-state index contributed by atoms with van der Waals surface area (Å²) < 4.78 is 0.